The van der Waals surface area contributed by atoms with Gasteiger partial charge in [0.25, 0.3) is 0 Å². The van der Waals surface area contributed by atoms with Crippen LogP contribution in [-0.4, -0.2) is 36.6 Å². The van der Waals surface area contributed by atoms with Gasteiger partial charge in [0.2, 0.25) is 5.91 Å². The smallest absolute Gasteiger partial charge is 0.242 e. The predicted octanol–water partition coefficient (Wildman–Crippen LogP) is 1.05. The van der Waals surface area contributed by atoms with Gasteiger partial charge in [0.05, 0.1) is 0 Å². The lowest BCUT2D eigenvalue weighted by molar-refractivity contribution is -0.121. The highest BCUT2D eigenvalue weighted by atomic mass is 16.2. The number of nitrogens with zero attached hydrogens (tertiary/aromatic N) is 2. The average molecular weight is 274 g/mol. The maximum Gasteiger partial charge on any atom is 0.242 e. The van der Waals surface area contributed by atoms with Crippen molar-refractivity contribution in [1.29, 1.82) is 0 Å². The number of pyridine rings is 1. The van der Waals surface area contributed by atoms with Crippen LogP contribution in [0.5, 0.6) is 0 Å². The number of rotatable bonds is 5. The average Bonchev–Trinajstić information content (AvgIpc) is 3.19. The molecule has 1 amide bonds. The summed E-state index contributed by atoms with van der Waals surface area (Å²) in [7, 11) is 1.70. The monoisotopic (exact) mass is 274 g/mol. The van der Waals surface area contributed by atoms with Gasteiger partial charge >= 0.3 is 0 Å². The number of likely N-dealkylation sites (N-methyl/N-ethyl adjacent to an activating group) is 1. The van der Waals surface area contributed by atoms with E-state index in [0.29, 0.717) is 6.04 Å². The second-order valence-corrected chi connectivity index (χ2v) is 5.61. The molecule has 0 radical (unpaired) electrons. The predicted molar refractivity (Wildman–Crippen MR) is 78.5 cm³/mol. The molecule has 2 aliphatic rings. The van der Waals surface area contributed by atoms with Crippen molar-refractivity contribution in [3.05, 3.63) is 23.9 Å². The number of hydrogen-bond donors (Lipinski definition) is 2. The van der Waals surface area contributed by atoms with Gasteiger partial charge in [-0.15, -0.1) is 0 Å². The molecule has 20 heavy (non-hydrogen) atoms. The highest BCUT2D eigenvalue weighted by molar-refractivity contribution is 5.85. The first-order chi connectivity index (χ1) is 9.79. The number of nitrogens with one attached hydrogen (secondary N) is 2. The molecule has 2 fully saturated rings. The minimum Gasteiger partial charge on any atom is -0.357 e. The fourth-order valence-electron chi connectivity index (χ4n) is 2.83. The summed E-state index contributed by atoms with van der Waals surface area (Å²) in [5.41, 5.74) is 1.19. The first-order valence-electron chi connectivity index (χ1n) is 7.45. The van der Waals surface area contributed by atoms with E-state index in [2.05, 4.69) is 26.6 Å². The molecule has 1 aromatic rings. The summed E-state index contributed by atoms with van der Waals surface area (Å²) in [6, 6.07) is 4.68. The molecule has 0 spiro atoms. The molecule has 1 aromatic heterocycles. The molecule has 1 unspecified atom stereocenters. The molecule has 108 valence electrons. The third kappa shape index (κ3) is 2.77. The van der Waals surface area contributed by atoms with Crippen LogP contribution in [0, 0.1) is 0 Å². The Kier molecular flexibility index (Phi) is 3.87. The topological polar surface area (TPSA) is 57.3 Å². The van der Waals surface area contributed by atoms with Crippen molar-refractivity contribution in [2.75, 3.05) is 18.5 Å². The Morgan fingerprint density at radius 2 is 2.30 bits per heavy atom. The zero-order valence-corrected chi connectivity index (χ0v) is 11.9. The highest BCUT2D eigenvalue weighted by Gasteiger charge is 2.32. The van der Waals surface area contributed by atoms with Gasteiger partial charge < -0.3 is 15.5 Å². The maximum absolute atomic E-state index is 12.0. The second-order valence-electron chi connectivity index (χ2n) is 5.61. The first-order valence-corrected chi connectivity index (χ1v) is 7.45. The standard InChI is InChI=1S/C15H22N4O/c1-16-15(20)13-5-3-9-19(13)14-11(4-2-8-17-14)10-18-12-6-7-12/h2,4,8,12-13,18H,3,5-7,9-10H2,1H3,(H,16,20). The Hall–Kier alpha value is -1.62. The fourth-order valence-corrected chi connectivity index (χ4v) is 2.83. The number of carbonyl (C=O) groups is 1. The van der Waals surface area contributed by atoms with Gasteiger partial charge in [-0.25, -0.2) is 4.98 Å². The van der Waals surface area contributed by atoms with Crippen molar-refractivity contribution in [3.63, 3.8) is 0 Å². The van der Waals surface area contributed by atoms with E-state index in [9.17, 15) is 4.79 Å². The summed E-state index contributed by atoms with van der Waals surface area (Å²) in [6.45, 7) is 1.75. The summed E-state index contributed by atoms with van der Waals surface area (Å²) in [5.74, 6) is 1.06. The lowest BCUT2D eigenvalue weighted by atomic mass is 10.2. The molecule has 3 rings (SSSR count). The molecule has 1 saturated heterocycles. The zero-order valence-electron chi connectivity index (χ0n) is 11.9. The minimum absolute atomic E-state index is 0.0745. The Morgan fingerprint density at radius 3 is 3.05 bits per heavy atom. The Bertz CT molecular complexity index is 487. The van der Waals surface area contributed by atoms with Crippen molar-refractivity contribution in [3.8, 4) is 0 Å². The van der Waals surface area contributed by atoms with Crippen molar-refractivity contribution >= 4 is 11.7 Å². The van der Waals surface area contributed by atoms with E-state index in [1.165, 1.54) is 18.4 Å². The minimum atomic E-state index is -0.0745. The molecule has 2 heterocycles. The first kappa shape index (κ1) is 13.4. The van der Waals surface area contributed by atoms with Crippen LogP contribution in [0.2, 0.25) is 0 Å². The molecule has 5 heteroatoms. The van der Waals surface area contributed by atoms with E-state index >= 15 is 0 Å². The quantitative estimate of drug-likeness (QED) is 0.842. The van der Waals surface area contributed by atoms with Gasteiger partial charge in [0, 0.05) is 37.9 Å². The van der Waals surface area contributed by atoms with E-state index in [0.717, 1.165) is 31.7 Å². The Labute approximate surface area is 119 Å². The van der Waals surface area contributed by atoms with Gasteiger partial charge in [-0.1, -0.05) is 6.07 Å². The van der Waals surface area contributed by atoms with Crippen LogP contribution < -0.4 is 15.5 Å². The zero-order chi connectivity index (χ0) is 13.9. The number of carbonyl (C=O) groups excluding carboxylic acids is 1. The van der Waals surface area contributed by atoms with Crippen molar-refractivity contribution in [2.24, 2.45) is 0 Å². The molecule has 5 nitrogen and oxygen atoms in total. The summed E-state index contributed by atoms with van der Waals surface area (Å²) in [6.07, 6.45) is 6.32. The molecule has 2 N–H and O–H groups in total. The Morgan fingerprint density at radius 1 is 1.45 bits per heavy atom. The second kappa shape index (κ2) is 5.79. The number of hydrogen-bond acceptors (Lipinski definition) is 4. The van der Waals surface area contributed by atoms with E-state index in [4.69, 9.17) is 0 Å². The summed E-state index contributed by atoms with van der Waals surface area (Å²) < 4.78 is 0. The molecule has 1 aliphatic heterocycles. The van der Waals surface area contributed by atoms with Crippen LogP contribution in [0.4, 0.5) is 5.82 Å². The number of amides is 1. The lowest BCUT2D eigenvalue weighted by Gasteiger charge is -2.26. The third-order valence-electron chi connectivity index (χ3n) is 4.10. The van der Waals surface area contributed by atoms with Crippen LogP contribution in [0.15, 0.2) is 18.3 Å². The molecule has 1 aliphatic carbocycles. The van der Waals surface area contributed by atoms with Crippen molar-refractivity contribution < 1.29 is 4.79 Å². The van der Waals surface area contributed by atoms with Gasteiger partial charge in [-0.3, -0.25) is 4.79 Å². The third-order valence-corrected chi connectivity index (χ3v) is 4.10. The summed E-state index contributed by atoms with van der Waals surface area (Å²) in [5, 5.41) is 6.29. The molecule has 1 atom stereocenters. The van der Waals surface area contributed by atoms with E-state index in [1.54, 1.807) is 7.05 Å². The van der Waals surface area contributed by atoms with Gasteiger partial charge in [0.1, 0.15) is 11.9 Å². The Balaban J connectivity index is 1.78. The molecule has 0 aromatic carbocycles. The molecular weight excluding hydrogens is 252 g/mol. The van der Waals surface area contributed by atoms with E-state index in [1.807, 2.05) is 12.3 Å². The van der Waals surface area contributed by atoms with Crippen LogP contribution in [0.25, 0.3) is 0 Å². The van der Waals surface area contributed by atoms with Gasteiger partial charge in [-0.05, 0) is 31.7 Å². The number of aromatic nitrogens is 1. The molecule has 0 bridgehead atoms. The van der Waals surface area contributed by atoms with Gasteiger partial charge in [-0.2, -0.15) is 0 Å². The highest BCUT2D eigenvalue weighted by Crippen LogP contribution is 2.27. The maximum atomic E-state index is 12.0. The van der Waals surface area contributed by atoms with Crippen LogP contribution in [0.3, 0.4) is 0 Å². The van der Waals surface area contributed by atoms with Crippen LogP contribution in [-0.2, 0) is 11.3 Å². The van der Waals surface area contributed by atoms with Crippen molar-refractivity contribution in [1.82, 2.24) is 15.6 Å². The normalized spacial score (nSPS) is 22.1. The van der Waals surface area contributed by atoms with E-state index in [-0.39, 0.29) is 11.9 Å². The fraction of sp³-hybridized carbons (Fsp3) is 0.600. The molecular formula is C15H22N4O. The summed E-state index contributed by atoms with van der Waals surface area (Å²) >= 11 is 0. The van der Waals surface area contributed by atoms with Crippen LogP contribution >= 0.6 is 0 Å². The van der Waals surface area contributed by atoms with E-state index < -0.39 is 0 Å². The summed E-state index contributed by atoms with van der Waals surface area (Å²) in [4.78, 5) is 18.7. The largest absolute Gasteiger partial charge is 0.357 e. The van der Waals surface area contributed by atoms with Crippen LogP contribution in [0.1, 0.15) is 31.2 Å². The number of anilines is 1. The lowest BCUT2D eigenvalue weighted by Crippen LogP contribution is -2.42. The molecule has 1 saturated carbocycles. The SMILES string of the molecule is CNC(=O)C1CCCN1c1ncccc1CNC1CC1. The van der Waals surface area contributed by atoms with Gasteiger partial charge in [0.15, 0.2) is 0 Å². The van der Waals surface area contributed by atoms with Crippen molar-refractivity contribution in [2.45, 2.75) is 44.3 Å².